The van der Waals surface area contributed by atoms with Crippen molar-refractivity contribution < 1.29 is 28.5 Å². The van der Waals surface area contributed by atoms with Crippen molar-refractivity contribution in [3.63, 3.8) is 0 Å². The second-order valence-electron chi connectivity index (χ2n) is 8.45. The molecular weight excluding hydrogens is 436 g/mol. The van der Waals surface area contributed by atoms with Crippen molar-refractivity contribution in [2.75, 3.05) is 26.6 Å². The maximum absolute atomic E-state index is 12.8. The molecule has 0 aliphatic carbocycles. The lowest BCUT2D eigenvalue weighted by Gasteiger charge is -2.22. The summed E-state index contributed by atoms with van der Waals surface area (Å²) in [5.41, 5.74) is 1.54. The van der Waals surface area contributed by atoms with Crippen LogP contribution in [-0.2, 0) is 14.3 Å². The molecule has 1 amide bonds. The van der Waals surface area contributed by atoms with E-state index in [0.717, 1.165) is 0 Å². The van der Waals surface area contributed by atoms with Crippen molar-refractivity contribution in [2.45, 2.75) is 33.3 Å². The van der Waals surface area contributed by atoms with Crippen LogP contribution in [0.2, 0.25) is 0 Å². The average molecular weight is 467 g/mol. The molecule has 0 heterocycles. The normalized spacial score (nSPS) is 12.2. The van der Waals surface area contributed by atoms with E-state index in [9.17, 15) is 14.9 Å². The van der Waals surface area contributed by atoms with E-state index in [0.29, 0.717) is 39.6 Å². The van der Waals surface area contributed by atoms with E-state index in [4.69, 9.17) is 18.9 Å². The van der Waals surface area contributed by atoms with E-state index in [1.807, 2.05) is 0 Å². The summed E-state index contributed by atoms with van der Waals surface area (Å²) >= 11 is 0. The van der Waals surface area contributed by atoms with Gasteiger partial charge in [-0.1, -0.05) is 6.07 Å². The number of nitrogens with one attached hydrogen (secondary N) is 1. The first kappa shape index (κ1) is 26.3. The zero-order valence-electron chi connectivity index (χ0n) is 20.5. The Morgan fingerprint density at radius 2 is 1.59 bits per heavy atom. The predicted molar refractivity (Wildman–Crippen MR) is 129 cm³/mol. The second kappa shape index (κ2) is 11.2. The van der Waals surface area contributed by atoms with Crippen molar-refractivity contribution >= 4 is 23.1 Å². The highest BCUT2D eigenvalue weighted by Gasteiger charge is 2.28. The molecule has 0 aromatic heterocycles. The molecule has 0 fully saturated rings. The number of benzene rings is 2. The molecule has 0 saturated carbocycles. The fourth-order valence-electron chi connectivity index (χ4n) is 3.07. The summed E-state index contributed by atoms with van der Waals surface area (Å²) in [6.45, 7) is 6.68. The van der Waals surface area contributed by atoms with Crippen LogP contribution in [0.5, 0.6) is 17.2 Å². The topological polar surface area (TPSA) is 107 Å². The second-order valence-corrected chi connectivity index (χ2v) is 8.45. The number of ether oxygens (including phenoxy) is 4. The van der Waals surface area contributed by atoms with Gasteiger partial charge in [-0.2, -0.15) is 5.26 Å². The minimum absolute atomic E-state index is 0.346. The van der Waals surface area contributed by atoms with Gasteiger partial charge < -0.3 is 24.3 Å². The monoisotopic (exact) mass is 466 g/mol. The van der Waals surface area contributed by atoms with Gasteiger partial charge >= 0.3 is 5.97 Å². The third kappa shape index (κ3) is 6.75. The molecule has 1 unspecified atom stereocenters. The lowest BCUT2D eigenvalue weighted by Crippen LogP contribution is -2.34. The van der Waals surface area contributed by atoms with Crippen LogP contribution >= 0.6 is 0 Å². The summed E-state index contributed by atoms with van der Waals surface area (Å²) in [5.74, 6) is -0.692. The maximum atomic E-state index is 12.8. The van der Waals surface area contributed by atoms with Crippen molar-refractivity contribution in [2.24, 2.45) is 5.92 Å². The highest BCUT2D eigenvalue weighted by Crippen LogP contribution is 2.34. The van der Waals surface area contributed by atoms with Crippen LogP contribution in [0.1, 0.15) is 38.8 Å². The molecule has 0 saturated heterocycles. The van der Waals surface area contributed by atoms with E-state index in [1.165, 1.54) is 20.1 Å². The molecule has 0 radical (unpaired) electrons. The summed E-state index contributed by atoms with van der Waals surface area (Å²) in [7, 11) is 4.55. The van der Waals surface area contributed by atoms with Crippen LogP contribution in [0.3, 0.4) is 0 Å². The largest absolute Gasteiger partial charge is 0.497 e. The highest BCUT2D eigenvalue weighted by molar-refractivity contribution is 6.05. The molecule has 2 rings (SSSR count). The Balaban J connectivity index is 2.45. The molecule has 180 valence electrons. The number of carbonyl (C=O) groups excluding carboxylic acids is 2. The van der Waals surface area contributed by atoms with E-state index in [1.54, 1.807) is 71.4 Å². The fourth-order valence-corrected chi connectivity index (χ4v) is 3.07. The van der Waals surface area contributed by atoms with Gasteiger partial charge in [-0.05, 0) is 68.7 Å². The van der Waals surface area contributed by atoms with E-state index < -0.39 is 23.4 Å². The summed E-state index contributed by atoms with van der Waals surface area (Å²) < 4.78 is 21.4. The van der Waals surface area contributed by atoms with Crippen molar-refractivity contribution in [1.29, 1.82) is 5.26 Å². The van der Waals surface area contributed by atoms with Crippen LogP contribution in [0, 0.1) is 17.2 Å². The third-order valence-corrected chi connectivity index (χ3v) is 4.79. The smallest absolute Gasteiger partial charge is 0.318 e. The van der Waals surface area contributed by atoms with Gasteiger partial charge in [0.2, 0.25) is 5.91 Å². The minimum Gasteiger partial charge on any atom is -0.497 e. The Bertz CT molecular complexity index is 1100. The number of anilines is 1. The van der Waals surface area contributed by atoms with E-state index in [-0.39, 0.29) is 0 Å². The zero-order chi connectivity index (χ0) is 25.5. The van der Waals surface area contributed by atoms with Crippen LogP contribution in [0.25, 0.3) is 5.57 Å². The number of nitriles is 1. The Hall–Kier alpha value is -3.99. The first-order valence-corrected chi connectivity index (χ1v) is 10.6. The Morgan fingerprint density at radius 3 is 2.09 bits per heavy atom. The van der Waals surface area contributed by atoms with Gasteiger partial charge in [0.25, 0.3) is 0 Å². The first-order valence-electron chi connectivity index (χ1n) is 10.6. The van der Waals surface area contributed by atoms with Gasteiger partial charge in [0.05, 0.1) is 33.1 Å². The predicted octanol–water partition coefficient (Wildman–Crippen LogP) is 4.58. The Kier molecular flexibility index (Phi) is 8.68. The van der Waals surface area contributed by atoms with Gasteiger partial charge in [-0.15, -0.1) is 0 Å². The lowest BCUT2D eigenvalue weighted by molar-refractivity contribution is -0.160. The molecule has 0 aliphatic heterocycles. The van der Waals surface area contributed by atoms with Crippen LogP contribution in [0.15, 0.2) is 42.5 Å². The van der Waals surface area contributed by atoms with Crippen molar-refractivity contribution in [3.05, 3.63) is 53.6 Å². The maximum Gasteiger partial charge on any atom is 0.318 e. The van der Waals surface area contributed by atoms with Gasteiger partial charge in [0.1, 0.15) is 28.8 Å². The van der Waals surface area contributed by atoms with Crippen LogP contribution in [0.4, 0.5) is 5.69 Å². The van der Waals surface area contributed by atoms with E-state index in [2.05, 4.69) is 11.4 Å². The quantitative estimate of drug-likeness (QED) is 0.345. The molecule has 0 aliphatic rings. The number of amides is 1. The lowest BCUT2D eigenvalue weighted by atomic mass is 9.96. The number of rotatable bonds is 8. The van der Waals surface area contributed by atoms with Gasteiger partial charge in [0.15, 0.2) is 0 Å². The minimum atomic E-state index is -1.04. The molecular formula is C26H30N2O6. The van der Waals surface area contributed by atoms with Gasteiger partial charge in [0, 0.05) is 12.1 Å². The molecule has 0 bridgehead atoms. The number of allylic oxidation sites excluding steroid dienone is 1. The zero-order valence-corrected chi connectivity index (χ0v) is 20.5. The summed E-state index contributed by atoms with van der Waals surface area (Å²) in [5, 5.41) is 12.2. The van der Waals surface area contributed by atoms with Gasteiger partial charge in [-0.25, -0.2) is 0 Å². The number of hydrogen-bond donors (Lipinski definition) is 1. The number of carbonyl (C=O) groups is 2. The van der Waals surface area contributed by atoms with E-state index >= 15 is 0 Å². The van der Waals surface area contributed by atoms with Crippen molar-refractivity contribution in [1.82, 2.24) is 0 Å². The van der Waals surface area contributed by atoms with Crippen molar-refractivity contribution in [3.8, 4) is 23.3 Å². The number of nitrogens with zero attached hydrogens (tertiary/aromatic N) is 1. The molecule has 0 spiro atoms. The molecule has 8 heteroatoms. The molecule has 1 N–H and O–H groups in total. The molecule has 1 atom stereocenters. The van der Waals surface area contributed by atoms with Crippen LogP contribution in [-0.4, -0.2) is 38.8 Å². The fraction of sp³-hybridized carbons (Fsp3) is 0.346. The first-order chi connectivity index (χ1) is 16.0. The van der Waals surface area contributed by atoms with Gasteiger partial charge in [-0.3, -0.25) is 9.59 Å². The highest BCUT2D eigenvalue weighted by atomic mass is 16.6. The summed E-state index contributed by atoms with van der Waals surface area (Å²) in [4.78, 5) is 25.1. The molecule has 2 aromatic rings. The Morgan fingerprint density at radius 1 is 0.971 bits per heavy atom. The number of esters is 1. The average Bonchev–Trinajstić information content (AvgIpc) is 2.80. The SMILES string of the molecule is COc1cc(OC)cc(C(=CC#N)c2ccc(OC)c(NC(=O)C(C)C(=O)OC(C)(C)C)c2)c1. The summed E-state index contributed by atoms with van der Waals surface area (Å²) in [6.07, 6.45) is 1.39. The molecule has 34 heavy (non-hydrogen) atoms. The van der Waals surface area contributed by atoms with Crippen LogP contribution < -0.4 is 19.5 Å². The molecule has 2 aromatic carbocycles. The third-order valence-electron chi connectivity index (χ3n) is 4.79. The molecule has 8 nitrogen and oxygen atoms in total. The number of methoxy groups -OCH3 is 3. The Labute approximate surface area is 200 Å². The standard InChI is InChI=1S/C26H30N2O6/c1-16(25(30)34-26(2,3)4)24(29)28-22-14-17(8-9-23(22)33-7)21(10-11-27)18-12-19(31-5)15-20(13-18)32-6/h8-10,12-16H,1-7H3,(H,28,29). The summed E-state index contributed by atoms with van der Waals surface area (Å²) in [6, 6.07) is 12.5. The number of hydrogen-bond acceptors (Lipinski definition) is 7.